The third-order valence-electron chi connectivity index (χ3n) is 3.08. The number of amides is 2. The highest BCUT2D eigenvalue weighted by Crippen LogP contribution is 2.28. The lowest BCUT2D eigenvalue weighted by Gasteiger charge is -2.08. The number of urea groups is 1. The number of carbonyl (C=O) groups is 1. The molecular weight excluding hydrogens is 240 g/mol. The van der Waals surface area contributed by atoms with Gasteiger partial charge in [-0.15, -0.1) is 0 Å². The topological polar surface area (TPSA) is 50.4 Å². The Morgan fingerprint density at radius 2 is 2.26 bits per heavy atom. The van der Waals surface area contributed by atoms with Gasteiger partial charge in [0.1, 0.15) is 0 Å². The maximum atomic E-state index is 11.6. The van der Waals surface area contributed by atoms with Crippen LogP contribution in [0, 0.1) is 12.8 Å². The molecule has 1 saturated carbocycles. The van der Waals surface area contributed by atoms with Crippen molar-refractivity contribution in [2.45, 2.75) is 26.2 Å². The van der Waals surface area contributed by atoms with Crippen LogP contribution in [0.25, 0.3) is 0 Å². The summed E-state index contributed by atoms with van der Waals surface area (Å²) >= 11 is 0. The Labute approximate surface area is 114 Å². The Hall–Kier alpha value is -1.55. The minimum Gasteiger partial charge on any atom is -0.381 e. The molecule has 0 unspecified atom stereocenters. The van der Waals surface area contributed by atoms with Crippen molar-refractivity contribution in [3.05, 3.63) is 29.8 Å². The van der Waals surface area contributed by atoms with E-state index in [9.17, 15) is 4.79 Å². The van der Waals surface area contributed by atoms with Crippen LogP contribution in [0.15, 0.2) is 24.3 Å². The predicted molar refractivity (Wildman–Crippen MR) is 76.4 cm³/mol. The summed E-state index contributed by atoms with van der Waals surface area (Å²) in [7, 11) is 0. The molecule has 1 aromatic rings. The van der Waals surface area contributed by atoms with E-state index in [1.54, 1.807) is 0 Å². The van der Waals surface area contributed by atoms with Gasteiger partial charge in [0.15, 0.2) is 0 Å². The predicted octanol–water partition coefficient (Wildman–Crippen LogP) is 2.93. The Bertz CT molecular complexity index is 416. The molecule has 2 amide bonds. The number of ether oxygens (including phenoxy) is 1. The van der Waals surface area contributed by atoms with Gasteiger partial charge in [0.05, 0.1) is 0 Å². The van der Waals surface area contributed by atoms with Gasteiger partial charge in [-0.2, -0.15) is 0 Å². The number of carbonyl (C=O) groups excluding carboxylic acids is 1. The monoisotopic (exact) mass is 262 g/mol. The van der Waals surface area contributed by atoms with E-state index >= 15 is 0 Å². The van der Waals surface area contributed by atoms with Gasteiger partial charge in [-0.25, -0.2) is 4.79 Å². The highest BCUT2D eigenvalue weighted by atomic mass is 16.5. The zero-order valence-electron chi connectivity index (χ0n) is 11.4. The van der Waals surface area contributed by atoms with Crippen molar-refractivity contribution in [2.24, 2.45) is 5.92 Å². The van der Waals surface area contributed by atoms with Gasteiger partial charge < -0.3 is 15.4 Å². The summed E-state index contributed by atoms with van der Waals surface area (Å²) in [5, 5.41) is 5.64. The number of rotatable bonds is 7. The molecule has 104 valence electrons. The fraction of sp³-hybridized carbons (Fsp3) is 0.533. The normalized spacial score (nSPS) is 14.2. The van der Waals surface area contributed by atoms with Crippen LogP contribution >= 0.6 is 0 Å². The van der Waals surface area contributed by atoms with E-state index in [2.05, 4.69) is 10.6 Å². The molecule has 2 rings (SSSR count). The number of anilines is 1. The van der Waals surface area contributed by atoms with Gasteiger partial charge in [-0.05, 0) is 49.8 Å². The summed E-state index contributed by atoms with van der Waals surface area (Å²) in [5.41, 5.74) is 1.95. The quantitative estimate of drug-likeness (QED) is 0.742. The van der Waals surface area contributed by atoms with Gasteiger partial charge >= 0.3 is 6.03 Å². The third kappa shape index (κ3) is 5.75. The minimum atomic E-state index is -0.159. The van der Waals surface area contributed by atoms with E-state index < -0.39 is 0 Å². The molecule has 0 saturated heterocycles. The van der Waals surface area contributed by atoms with Crippen molar-refractivity contribution in [3.8, 4) is 0 Å². The summed E-state index contributed by atoms with van der Waals surface area (Å²) in [6.07, 6.45) is 3.49. The molecule has 0 bridgehead atoms. The molecule has 0 radical (unpaired) electrons. The first kappa shape index (κ1) is 13.9. The highest BCUT2D eigenvalue weighted by molar-refractivity contribution is 5.89. The molecule has 4 nitrogen and oxygen atoms in total. The molecule has 0 aliphatic heterocycles. The van der Waals surface area contributed by atoms with E-state index in [0.717, 1.165) is 36.8 Å². The maximum Gasteiger partial charge on any atom is 0.319 e. The average molecular weight is 262 g/mol. The lowest BCUT2D eigenvalue weighted by molar-refractivity contribution is 0.122. The minimum absolute atomic E-state index is 0.159. The molecule has 19 heavy (non-hydrogen) atoms. The van der Waals surface area contributed by atoms with Crippen LogP contribution in [0.3, 0.4) is 0 Å². The van der Waals surface area contributed by atoms with E-state index in [1.165, 1.54) is 12.8 Å². The van der Waals surface area contributed by atoms with Crippen molar-refractivity contribution in [2.75, 3.05) is 25.1 Å². The van der Waals surface area contributed by atoms with Gasteiger partial charge in [0.2, 0.25) is 0 Å². The summed E-state index contributed by atoms with van der Waals surface area (Å²) < 4.78 is 5.50. The van der Waals surface area contributed by atoms with Gasteiger partial charge in [-0.3, -0.25) is 0 Å². The molecule has 0 atom stereocenters. The molecule has 0 spiro atoms. The molecule has 1 fully saturated rings. The van der Waals surface area contributed by atoms with Crippen LogP contribution in [0.2, 0.25) is 0 Å². The molecule has 1 aromatic carbocycles. The van der Waals surface area contributed by atoms with E-state index in [1.807, 2.05) is 31.2 Å². The van der Waals surface area contributed by atoms with Crippen LogP contribution < -0.4 is 10.6 Å². The van der Waals surface area contributed by atoms with Crippen molar-refractivity contribution in [3.63, 3.8) is 0 Å². The molecule has 1 aliphatic rings. The zero-order valence-corrected chi connectivity index (χ0v) is 11.4. The second-order valence-corrected chi connectivity index (χ2v) is 5.12. The van der Waals surface area contributed by atoms with Crippen LogP contribution in [0.5, 0.6) is 0 Å². The summed E-state index contributed by atoms with van der Waals surface area (Å²) in [5.74, 6) is 0.803. The number of benzene rings is 1. The number of aryl methyl sites for hydroxylation is 1. The second-order valence-electron chi connectivity index (χ2n) is 5.12. The first-order valence-corrected chi connectivity index (χ1v) is 6.93. The molecule has 0 aromatic heterocycles. The third-order valence-corrected chi connectivity index (χ3v) is 3.08. The fourth-order valence-electron chi connectivity index (χ4n) is 1.81. The van der Waals surface area contributed by atoms with Crippen LogP contribution in [-0.2, 0) is 4.74 Å². The number of nitrogens with one attached hydrogen (secondary N) is 2. The summed E-state index contributed by atoms with van der Waals surface area (Å²) in [4.78, 5) is 11.6. The Balaban J connectivity index is 1.53. The molecule has 2 N–H and O–H groups in total. The number of hydrogen-bond donors (Lipinski definition) is 2. The second kappa shape index (κ2) is 7.14. The zero-order chi connectivity index (χ0) is 13.5. The molecular formula is C15H22N2O2. The molecule has 1 aliphatic carbocycles. The SMILES string of the molecule is Cc1cccc(NC(=O)NCCCOCC2CC2)c1. The van der Waals surface area contributed by atoms with E-state index in [4.69, 9.17) is 4.74 Å². The maximum absolute atomic E-state index is 11.6. The fourth-order valence-corrected chi connectivity index (χ4v) is 1.81. The first-order valence-electron chi connectivity index (χ1n) is 6.93. The first-order chi connectivity index (χ1) is 9.24. The van der Waals surface area contributed by atoms with Gasteiger partial charge in [0, 0.05) is 25.4 Å². The van der Waals surface area contributed by atoms with E-state index in [0.29, 0.717) is 6.54 Å². The Kier molecular flexibility index (Phi) is 5.21. The van der Waals surface area contributed by atoms with Crippen LogP contribution in [0.4, 0.5) is 10.5 Å². The molecule has 4 heteroatoms. The smallest absolute Gasteiger partial charge is 0.319 e. The van der Waals surface area contributed by atoms with Crippen molar-refractivity contribution in [1.29, 1.82) is 0 Å². The average Bonchev–Trinajstić information content (AvgIpc) is 3.17. The van der Waals surface area contributed by atoms with Gasteiger partial charge in [-0.1, -0.05) is 12.1 Å². The van der Waals surface area contributed by atoms with Crippen molar-refractivity contribution in [1.82, 2.24) is 5.32 Å². The van der Waals surface area contributed by atoms with E-state index in [-0.39, 0.29) is 6.03 Å². The van der Waals surface area contributed by atoms with Crippen molar-refractivity contribution < 1.29 is 9.53 Å². The Morgan fingerprint density at radius 3 is 3.00 bits per heavy atom. The summed E-state index contributed by atoms with van der Waals surface area (Å²) in [6, 6.07) is 7.59. The summed E-state index contributed by atoms with van der Waals surface area (Å²) in [6.45, 7) is 4.25. The van der Waals surface area contributed by atoms with Crippen LogP contribution in [0.1, 0.15) is 24.8 Å². The highest BCUT2D eigenvalue weighted by Gasteiger charge is 2.20. The number of hydrogen-bond acceptors (Lipinski definition) is 2. The van der Waals surface area contributed by atoms with Gasteiger partial charge in [0.25, 0.3) is 0 Å². The lowest BCUT2D eigenvalue weighted by atomic mass is 10.2. The van der Waals surface area contributed by atoms with Crippen molar-refractivity contribution >= 4 is 11.7 Å². The lowest BCUT2D eigenvalue weighted by Crippen LogP contribution is -2.30. The molecule has 0 heterocycles. The standard InChI is InChI=1S/C15H22N2O2/c1-12-4-2-5-14(10-12)17-15(18)16-8-3-9-19-11-13-6-7-13/h2,4-5,10,13H,3,6-9,11H2,1H3,(H2,16,17,18). The largest absolute Gasteiger partial charge is 0.381 e. The Morgan fingerprint density at radius 1 is 1.42 bits per heavy atom. The van der Waals surface area contributed by atoms with Crippen LogP contribution in [-0.4, -0.2) is 25.8 Å².